The number of β-amino-alcohol motifs (C(OH)–C–C–N with tert-alkyl or cyclic N) is 1. The van der Waals surface area contributed by atoms with Gasteiger partial charge in [-0.15, -0.1) is 10.2 Å². The lowest BCUT2D eigenvalue weighted by molar-refractivity contribution is -0.914. The normalized spacial score (nSPS) is 26.8. The molecule has 1 aromatic heterocycles. The maximum atomic E-state index is 15.2. The van der Waals surface area contributed by atoms with Crippen molar-refractivity contribution in [2.45, 2.75) is 163 Å². The summed E-state index contributed by atoms with van der Waals surface area (Å²) in [4.78, 5) is 105. The van der Waals surface area contributed by atoms with E-state index in [1.807, 2.05) is 31.3 Å². The summed E-state index contributed by atoms with van der Waals surface area (Å²) in [5, 5.41) is 130. The molecule has 5 heterocycles. The first-order valence-electron chi connectivity index (χ1n) is 33.6. The molecule has 4 saturated heterocycles. The number of piperidine rings is 1. The standard InChI is InChI=1S/C66H93N11O21S2/c1-37-35-76-56(57(37)85)62(90)68-34-44(80)32-47(69-58(86)40-11-13-41(14-12-40)63-73-74-64(99-63)42-15-17-46(18-16-42)95-29-9-7-5-6-8-28-94-4)59(87)70-53(38(2)79)65(91)75-36-45(81)33-48(75)60(88)71-54(51(84)30-39-10-19-49(82)52(31-39)96-100-98-97-93)61(89)72-55(66(76)92)50(83)20-23-67-43-21-24-77(3,25-22-43)26-27-78/h10-19,31,37-38,43-45,47-48,50-51,53-57,67,78-81,83-85H,5-9,20-30,32-36H2,1-4H3,(H6-,68,69,70,71,72,82,86,87,88,89,90,93)/t37-,38+,43?,44+,45+,47+,48+,50-,51-,53+,54+,55+,56+,57+,77?/m1/s1. The minimum atomic E-state index is -2.13. The van der Waals surface area contributed by atoms with Crippen LogP contribution in [-0.4, -0.2) is 266 Å². The summed E-state index contributed by atoms with van der Waals surface area (Å²) in [7, 11) is 3.73. The van der Waals surface area contributed by atoms with Crippen molar-refractivity contribution in [3.8, 4) is 38.4 Å². The van der Waals surface area contributed by atoms with Crippen LogP contribution in [-0.2, 0) is 49.3 Å². The predicted molar refractivity (Wildman–Crippen MR) is 359 cm³/mol. The SMILES string of the molecule is COCCCCCCCOc1ccc(-c2nnc(-c3ccc(C(=O)N[C@H]4C[C@H](O)CNC(=O)[C@@H]5[C@@H](O)[C@H](C)CN5C(=O)[C@H]([C@H](O)CCNC5CC[N+](C)(CCO)CC5)NC(=O)[C@H]([C@H](O)Cc5ccc([O-])c(OSOOO)c5)NC(=O)[C@@H]5C[C@H](O)CN5C(=O)[C@H]([C@H](C)O)NC4=O)cc3)s2)cc1. The predicted octanol–water partition coefficient (Wildman–Crippen LogP) is -1.19. The van der Waals surface area contributed by atoms with Crippen LogP contribution in [0.3, 0.4) is 0 Å². The lowest BCUT2D eigenvalue weighted by Gasteiger charge is -2.40. The molecule has 7 amide bonds. The second-order valence-electron chi connectivity index (χ2n) is 26.2. The summed E-state index contributed by atoms with van der Waals surface area (Å²) in [6, 6.07) is 5.74. The monoisotopic (exact) mass is 1440 g/mol. The molecule has 4 aliphatic heterocycles. The maximum absolute atomic E-state index is 15.2. The highest BCUT2D eigenvalue weighted by Crippen LogP contribution is 2.33. The van der Waals surface area contributed by atoms with Crippen molar-refractivity contribution in [1.82, 2.24) is 51.9 Å². The molecule has 4 aromatic rings. The molecule has 550 valence electrons. The van der Waals surface area contributed by atoms with Crippen molar-refractivity contribution in [3.63, 3.8) is 0 Å². The van der Waals surface area contributed by atoms with Gasteiger partial charge in [0, 0.05) is 94.1 Å². The van der Waals surface area contributed by atoms with Gasteiger partial charge >= 0.3 is 0 Å². The molecule has 0 saturated carbocycles. The molecule has 8 rings (SSSR count). The number of hydrogen-bond acceptors (Lipinski definition) is 26. The lowest BCUT2D eigenvalue weighted by Crippen LogP contribution is -2.64. The van der Waals surface area contributed by atoms with Gasteiger partial charge in [0.2, 0.25) is 35.4 Å². The quantitative estimate of drug-likeness (QED) is 0.0105. The Morgan fingerprint density at radius 3 is 2.08 bits per heavy atom. The number of methoxy groups -OCH3 is 1. The highest BCUT2D eigenvalue weighted by molar-refractivity contribution is 7.90. The largest absolute Gasteiger partial charge is 0.870 e. The number of carbonyl (C=O) groups excluding carboxylic acids is 7. The highest BCUT2D eigenvalue weighted by Gasteiger charge is 2.50. The highest BCUT2D eigenvalue weighted by atomic mass is 32.2. The second kappa shape index (κ2) is 37.6. The number of fused-ring (bicyclic) bond motifs is 2. The maximum Gasteiger partial charge on any atom is 0.261 e. The van der Waals surface area contributed by atoms with E-state index in [-0.39, 0.29) is 55.6 Å². The molecule has 4 aliphatic rings. The Kier molecular flexibility index (Phi) is 29.5. The first kappa shape index (κ1) is 78.5. The number of nitrogens with one attached hydrogen (secondary N) is 6. The number of amides is 7. The Bertz CT molecular complexity index is 3350. The number of ether oxygens (including phenoxy) is 2. The van der Waals surface area contributed by atoms with E-state index in [0.29, 0.717) is 46.1 Å². The molecule has 4 fully saturated rings. The smallest absolute Gasteiger partial charge is 0.261 e. The molecule has 3 aromatic carbocycles. The number of rotatable bonds is 28. The van der Waals surface area contributed by atoms with Gasteiger partial charge in [-0.1, -0.05) is 76.9 Å². The van der Waals surface area contributed by atoms with Gasteiger partial charge < -0.3 is 101 Å². The Morgan fingerprint density at radius 2 is 1.42 bits per heavy atom. The zero-order valence-corrected chi connectivity index (χ0v) is 57.9. The molecule has 34 heteroatoms. The van der Waals surface area contributed by atoms with E-state index in [0.717, 1.165) is 92.0 Å². The van der Waals surface area contributed by atoms with Crippen LogP contribution in [0.5, 0.6) is 17.2 Å². The van der Waals surface area contributed by atoms with Crippen molar-refractivity contribution in [2.24, 2.45) is 5.92 Å². The van der Waals surface area contributed by atoms with Crippen LogP contribution in [0.4, 0.5) is 0 Å². The fraction of sp³-hybridized carbons (Fsp3) is 0.591. The van der Waals surface area contributed by atoms with Crippen LogP contribution in [0.2, 0.25) is 0 Å². The number of nitrogens with zero attached hydrogens (tertiary/aromatic N) is 5. The van der Waals surface area contributed by atoms with Crippen LogP contribution in [0.1, 0.15) is 94.0 Å². The number of benzene rings is 3. The van der Waals surface area contributed by atoms with E-state index in [9.17, 15) is 64.8 Å². The number of likely N-dealkylation sites (tertiary alicyclic amines) is 1. The topological polar surface area (TPSA) is 455 Å². The average molecular weight is 1440 g/mol. The molecule has 13 atom stereocenters. The Hall–Kier alpha value is -7.26. The fourth-order valence-electron chi connectivity index (χ4n) is 12.8. The minimum Gasteiger partial charge on any atom is -0.870 e. The molecule has 100 heavy (non-hydrogen) atoms. The minimum absolute atomic E-state index is 0.00986. The first-order valence-corrected chi connectivity index (χ1v) is 35.0. The van der Waals surface area contributed by atoms with Gasteiger partial charge in [0.05, 0.1) is 70.0 Å². The summed E-state index contributed by atoms with van der Waals surface area (Å²) in [6.45, 7) is 4.58. The third-order valence-corrected chi connectivity index (χ3v) is 20.0. The van der Waals surface area contributed by atoms with Gasteiger partial charge in [-0.25, -0.2) is 5.26 Å². The van der Waals surface area contributed by atoms with Crippen molar-refractivity contribution in [1.29, 1.82) is 0 Å². The number of aliphatic hydroxyl groups excluding tert-OH is 7. The van der Waals surface area contributed by atoms with Crippen LogP contribution < -0.4 is 45.9 Å². The van der Waals surface area contributed by atoms with Gasteiger partial charge in [-0.05, 0) is 80.8 Å². The molecule has 0 unspecified atom stereocenters. The zero-order valence-electron chi connectivity index (χ0n) is 56.2. The average Bonchev–Trinajstić information content (AvgIpc) is 1.63. The number of likely N-dealkylation sites (N-methyl/N-ethyl adjacent to an activating group) is 1. The summed E-state index contributed by atoms with van der Waals surface area (Å²) in [5.41, 5.74) is 1.50. The van der Waals surface area contributed by atoms with E-state index in [1.165, 1.54) is 36.5 Å². The van der Waals surface area contributed by atoms with Gasteiger partial charge in [0.25, 0.3) is 18.2 Å². The van der Waals surface area contributed by atoms with Crippen LogP contribution in [0.25, 0.3) is 21.1 Å². The number of aliphatic hydroxyl groups is 7. The summed E-state index contributed by atoms with van der Waals surface area (Å²) >= 11 is 1.34. The van der Waals surface area contributed by atoms with E-state index in [2.05, 4.69) is 51.5 Å². The molecule has 0 bridgehead atoms. The van der Waals surface area contributed by atoms with E-state index in [1.54, 1.807) is 19.2 Å². The van der Waals surface area contributed by atoms with Crippen molar-refractivity contribution in [3.05, 3.63) is 77.9 Å². The molecular formula is C66H93N11O21S2. The van der Waals surface area contributed by atoms with Gasteiger partial charge in [-0.2, -0.15) is 0 Å². The Morgan fingerprint density at radius 1 is 0.780 bits per heavy atom. The molecular weight excluding hydrogens is 1350 g/mol. The first-order chi connectivity index (χ1) is 47.9. The third kappa shape index (κ3) is 21.4. The van der Waals surface area contributed by atoms with Gasteiger partial charge in [-0.3, -0.25) is 33.6 Å². The fourth-order valence-corrected chi connectivity index (χ4v) is 13.9. The van der Waals surface area contributed by atoms with Gasteiger partial charge in [0.15, 0.2) is 0 Å². The Labute approximate surface area is 586 Å². The van der Waals surface area contributed by atoms with E-state index < -0.39 is 164 Å². The summed E-state index contributed by atoms with van der Waals surface area (Å²) in [6.07, 6.45) is -5.61. The van der Waals surface area contributed by atoms with Crippen molar-refractivity contribution in [2.75, 3.05) is 79.8 Å². The van der Waals surface area contributed by atoms with E-state index >= 15 is 9.59 Å². The van der Waals surface area contributed by atoms with Gasteiger partial charge in [0.1, 0.15) is 64.3 Å². The second-order valence-corrected chi connectivity index (χ2v) is 27.6. The van der Waals surface area contributed by atoms with Crippen molar-refractivity contribution >= 4 is 65.0 Å². The molecule has 0 aliphatic carbocycles. The van der Waals surface area contributed by atoms with E-state index in [4.69, 9.17) is 18.9 Å². The number of unbranched alkanes of at least 4 members (excludes halogenated alkanes) is 4. The number of carbonyl (C=O) groups is 7. The summed E-state index contributed by atoms with van der Waals surface area (Å²) < 4.78 is 21.1. The Balaban J connectivity index is 1.06. The number of hydrogen-bond donors (Lipinski definition) is 14. The van der Waals surface area contributed by atoms with Crippen LogP contribution in [0.15, 0.2) is 66.7 Å². The third-order valence-electron chi connectivity index (χ3n) is 18.6. The molecule has 0 radical (unpaired) electrons. The number of aromatic nitrogens is 2. The van der Waals surface area contributed by atoms with Crippen molar-refractivity contribution < 1.29 is 107 Å². The molecule has 32 nitrogen and oxygen atoms in total. The lowest BCUT2D eigenvalue weighted by atomic mass is 9.98. The zero-order chi connectivity index (χ0) is 72.2. The summed E-state index contributed by atoms with van der Waals surface area (Å²) in [5.74, 6) is -8.95. The van der Waals surface area contributed by atoms with Crippen LogP contribution in [0, 0.1) is 5.92 Å². The molecule has 14 N–H and O–H groups in total. The van der Waals surface area contributed by atoms with Crippen LogP contribution >= 0.6 is 23.7 Å². The molecule has 0 spiro atoms. The number of quaternary nitrogens is 1.